The molecule has 2 aromatic carbocycles. The monoisotopic (exact) mass is 408 g/mol. The zero-order valence-electron chi connectivity index (χ0n) is 16.0. The van der Waals surface area contributed by atoms with E-state index in [9.17, 15) is 9.59 Å². The van der Waals surface area contributed by atoms with Crippen LogP contribution in [0.3, 0.4) is 0 Å². The third-order valence-corrected chi connectivity index (χ3v) is 5.44. The van der Waals surface area contributed by atoms with Gasteiger partial charge in [0, 0.05) is 36.6 Å². The Morgan fingerprint density at radius 3 is 2.66 bits per heavy atom. The van der Waals surface area contributed by atoms with Crippen LogP contribution in [0.2, 0.25) is 5.02 Å². The van der Waals surface area contributed by atoms with Gasteiger partial charge in [0.1, 0.15) is 0 Å². The maximum Gasteiger partial charge on any atom is 0.251 e. The molecule has 0 radical (unpaired) electrons. The predicted molar refractivity (Wildman–Crippen MR) is 112 cm³/mol. The Morgan fingerprint density at radius 2 is 2.00 bits per heavy atom. The molecule has 1 N–H and O–H groups in total. The number of amides is 2. The summed E-state index contributed by atoms with van der Waals surface area (Å²) in [4.78, 5) is 30.5. The summed E-state index contributed by atoms with van der Waals surface area (Å²) < 4.78 is 1.92. The number of benzene rings is 2. The van der Waals surface area contributed by atoms with E-state index in [-0.39, 0.29) is 17.9 Å². The number of hydrogen-bond donors (Lipinski definition) is 1. The minimum absolute atomic E-state index is 0.0378. The molecule has 0 saturated carbocycles. The number of aromatic nitrogens is 2. The van der Waals surface area contributed by atoms with E-state index in [1.54, 1.807) is 35.6 Å². The lowest BCUT2D eigenvalue weighted by molar-refractivity contribution is -0.117. The molecule has 29 heavy (non-hydrogen) atoms. The molecular weight excluding hydrogens is 388 g/mol. The SMILES string of the molecule is CC(NC(=O)c1ccc(Cl)c(N2CCCC2=O)c1)c1ccc(-n2ccnc2)cc1. The van der Waals surface area contributed by atoms with E-state index in [4.69, 9.17) is 11.6 Å². The summed E-state index contributed by atoms with van der Waals surface area (Å²) in [7, 11) is 0. The lowest BCUT2D eigenvalue weighted by atomic mass is 10.1. The van der Waals surface area contributed by atoms with Crippen molar-refractivity contribution in [1.29, 1.82) is 0 Å². The van der Waals surface area contributed by atoms with Crippen LogP contribution in [0.15, 0.2) is 61.2 Å². The molecular formula is C22H21ClN4O2. The second-order valence-electron chi connectivity index (χ2n) is 7.07. The zero-order valence-corrected chi connectivity index (χ0v) is 16.8. The van der Waals surface area contributed by atoms with Crippen LogP contribution in [-0.2, 0) is 4.79 Å². The molecule has 1 unspecified atom stereocenters. The largest absolute Gasteiger partial charge is 0.346 e. The number of anilines is 1. The quantitative estimate of drug-likeness (QED) is 0.689. The van der Waals surface area contributed by atoms with Gasteiger partial charge in [-0.25, -0.2) is 4.98 Å². The molecule has 1 aromatic heterocycles. The molecule has 1 atom stereocenters. The van der Waals surface area contributed by atoms with Gasteiger partial charge in [0.25, 0.3) is 5.91 Å². The first-order valence-corrected chi connectivity index (χ1v) is 9.90. The van der Waals surface area contributed by atoms with Crippen molar-refractivity contribution in [3.63, 3.8) is 0 Å². The summed E-state index contributed by atoms with van der Waals surface area (Å²) in [6, 6.07) is 12.8. The number of halogens is 1. The maximum absolute atomic E-state index is 12.8. The van der Waals surface area contributed by atoms with E-state index in [0.29, 0.717) is 29.2 Å². The minimum Gasteiger partial charge on any atom is -0.346 e. The summed E-state index contributed by atoms with van der Waals surface area (Å²) in [5.41, 5.74) is 3.07. The summed E-state index contributed by atoms with van der Waals surface area (Å²) in [5.74, 6) is -0.170. The van der Waals surface area contributed by atoms with Gasteiger partial charge in [-0.05, 0) is 49.2 Å². The van der Waals surface area contributed by atoms with Gasteiger partial charge in [0.05, 0.1) is 23.1 Å². The molecule has 2 amide bonds. The molecule has 1 fully saturated rings. The third-order valence-electron chi connectivity index (χ3n) is 5.12. The van der Waals surface area contributed by atoms with Crippen LogP contribution in [-0.4, -0.2) is 27.9 Å². The first-order chi connectivity index (χ1) is 14.0. The lowest BCUT2D eigenvalue weighted by Crippen LogP contribution is -2.28. The fraction of sp³-hybridized carbons (Fsp3) is 0.227. The van der Waals surface area contributed by atoms with Gasteiger partial charge in [-0.1, -0.05) is 23.7 Å². The second-order valence-corrected chi connectivity index (χ2v) is 7.48. The zero-order chi connectivity index (χ0) is 20.4. The predicted octanol–water partition coefficient (Wildman–Crippen LogP) is 4.14. The van der Waals surface area contributed by atoms with Gasteiger partial charge in [0.2, 0.25) is 5.91 Å². The Morgan fingerprint density at radius 1 is 1.21 bits per heavy atom. The molecule has 6 nitrogen and oxygen atoms in total. The van der Waals surface area contributed by atoms with Crippen molar-refractivity contribution >= 4 is 29.1 Å². The van der Waals surface area contributed by atoms with E-state index < -0.39 is 0 Å². The Kier molecular flexibility index (Phi) is 5.36. The summed E-state index contributed by atoms with van der Waals surface area (Å²) in [5, 5.41) is 3.48. The fourth-order valence-corrected chi connectivity index (χ4v) is 3.69. The summed E-state index contributed by atoms with van der Waals surface area (Å²) in [6.07, 6.45) is 6.66. The average Bonchev–Trinajstić information content (AvgIpc) is 3.40. The molecule has 148 valence electrons. The highest BCUT2D eigenvalue weighted by Crippen LogP contribution is 2.30. The van der Waals surface area contributed by atoms with Crippen molar-refractivity contribution in [2.24, 2.45) is 0 Å². The fourth-order valence-electron chi connectivity index (χ4n) is 3.47. The molecule has 0 aliphatic carbocycles. The molecule has 1 aliphatic heterocycles. The molecule has 1 saturated heterocycles. The van der Waals surface area contributed by atoms with E-state index in [0.717, 1.165) is 17.7 Å². The summed E-state index contributed by atoms with van der Waals surface area (Å²) in [6.45, 7) is 2.56. The van der Waals surface area contributed by atoms with E-state index in [1.807, 2.05) is 42.0 Å². The normalized spacial score (nSPS) is 14.8. The minimum atomic E-state index is -0.208. The van der Waals surface area contributed by atoms with Gasteiger partial charge in [-0.15, -0.1) is 0 Å². The number of nitrogens with zero attached hydrogens (tertiary/aromatic N) is 3. The van der Waals surface area contributed by atoms with Crippen LogP contribution >= 0.6 is 11.6 Å². The van der Waals surface area contributed by atoms with Crippen molar-refractivity contribution in [3.8, 4) is 5.69 Å². The van der Waals surface area contributed by atoms with Crippen LogP contribution in [0.4, 0.5) is 5.69 Å². The van der Waals surface area contributed by atoms with E-state index >= 15 is 0 Å². The molecule has 0 spiro atoms. The smallest absolute Gasteiger partial charge is 0.251 e. The number of carbonyl (C=O) groups is 2. The Bertz CT molecular complexity index is 1030. The van der Waals surface area contributed by atoms with Crippen LogP contribution in [0.5, 0.6) is 0 Å². The topological polar surface area (TPSA) is 67.2 Å². The van der Waals surface area contributed by atoms with Gasteiger partial charge >= 0.3 is 0 Å². The maximum atomic E-state index is 12.8. The van der Waals surface area contributed by atoms with Crippen LogP contribution in [0.25, 0.3) is 5.69 Å². The average molecular weight is 409 g/mol. The molecule has 0 bridgehead atoms. The molecule has 1 aliphatic rings. The highest BCUT2D eigenvalue weighted by molar-refractivity contribution is 6.34. The van der Waals surface area contributed by atoms with Crippen molar-refractivity contribution in [2.45, 2.75) is 25.8 Å². The van der Waals surface area contributed by atoms with Crippen LogP contribution in [0.1, 0.15) is 41.7 Å². The lowest BCUT2D eigenvalue weighted by Gasteiger charge is -2.19. The van der Waals surface area contributed by atoms with Gasteiger partial charge < -0.3 is 14.8 Å². The Balaban J connectivity index is 1.48. The van der Waals surface area contributed by atoms with Crippen LogP contribution in [0, 0.1) is 0 Å². The van der Waals surface area contributed by atoms with Gasteiger partial charge in [0.15, 0.2) is 0 Å². The standard InChI is InChI=1S/C22H21ClN4O2/c1-15(16-4-7-18(8-5-16)26-12-10-24-14-26)25-22(29)17-6-9-19(23)20(13-17)27-11-2-3-21(27)28/h4-10,12-15H,2-3,11H2,1H3,(H,25,29). The molecule has 2 heterocycles. The van der Waals surface area contributed by atoms with E-state index in [2.05, 4.69) is 10.3 Å². The number of rotatable bonds is 5. The molecule has 7 heteroatoms. The Hall–Kier alpha value is -3.12. The molecule has 3 aromatic rings. The van der Waals surface area contributed by atoms with Crippen molar-refractivity contribution < 1.29 is 9.59 Å². The van der Waals surface area contributed by atoms with Crippen molar-refractivity contribution in [3.05, 3.63) is 77.3 Å². The highest BCUT2D eigenvalue weighted by atomic mass is 35.5. The Labute approximate surface area is 174 Å². The van der Waals surface area contributed by atoms with Crippen molar-refractivity contribution in [2.75, 3.05) is 11.4 Å². The first-order valence-electron chi connectivity index (χ1n) is 9.52. The number of carbonyl (C=O) groups excluding carboxylic acids is 2. The van der Waals surface area contributed by atoms with Crippen LogP contribution < -0.4 is 10.2 Å². The van der Waals surface area contributed by atoms with Crippen molar-refractivity contribution in [1.82, 2.24) is 14.9 Å². The van der Waals surface area contributed by atoms with Gasteiger partial charge in [-0.3, -0.25) is 9.59 Å². The number of hydrogen-bond acceptors (Lipinski definition) is 3. The summed E-state index contributed by atoms with van der Waals surface area (Å²) >= 11 is 6.27. The van der Waals surface area contributed by atoms with Gasteiger partial charge in [-0.2, -0.15) is 0 Å². The molecule has 4 rings (SSSR count). The second kappa shape index (κ2) is 8.09. The highest BCUT2D eigenvalue weighted by Gasteiger charge is 2.24. The number of imidazole rings is 1. The number of nitrogens with one attached hydrogen (secondary N) is 1. The van der Waals surface area contributed by atoms with E-state index in [1.165, 1.54) is 0 Å². The third kappa shape index (κ3) is 4.03. The first kappa shape index (κ1) is 19.2.